The molecule has 0 amide bonds. The van der Waals surface area contributed by atoms with Gasteiger partial charge in [-0.1, -0.05) is 32.3 Å². The van der Waals surface area contributed by atoms with Gasteiger partial charge in [-0.25, -0.2) is 0 Å². The molecule has 0 aromatic heterocycles. The molecule has 1 aromatic rings. The van der Waals surface area contributed by atoms with Crippen LogP contribution in [0.2, 0.25) is 0 Å². The van der Waals surface area contributed by atoms with Gasteiger partial charge in [-0.2, -0.15) is 0 Å². The summed E-state index contributed by atoms with van der Waals surface area (Å²) >= 11 is 0. The first-order valence-electron chi connectivity index (χ1n) is 6.89. The lowest BCUT2D eigenvalue weighted by Gasteiger charge is -2.14. The van der Waals surface area contributed by atoms with Gasteiger partial charge in [-0.15, -0.1) is 0 Å². The minimum absolute atomic E-state index is 0.196. The van der Waals surface area contributed by atoms with Crippen molar-refractivity contribution in [3.05, 3.63) is 29.3 Å². The van der Waals surface area contributed by atoms with Crippen molar-refractivity contribution in [3.8, 4) is 5.75 Å². The molecule has 0 radical (unpaired) electrons. The molecular formula is C15H25NO2. The van der Waals surface area contributed by atoms with Gasteiger partial charge in [0, 0.05) is 5.56 Å². The third-order valence-corrected chi connectivity index (χ3v) is 3.17. The van der Waals surface area contributed by atoms with Crippen LogP contribution in [0.1, 0.15) is 56.3 Å². The minimum Gasteiger partial charge on any atom is -0.508 e. The van der Waals surface area contributed by atoms with Crippen LogP contribution in [-0.2, 0) is 6.42 Å². The zero-order chi connectivity index (χ0) is 13.4. The summed E-state index contributed by atoms with van der Waals surface area (Å²) in [6.07, 6.45) is 5.13. The van der Waals surface area contributed by atoms with Crippen LogP contribution >= 0.6 is 0 Å². The molecule has 0 spiro atoms. The van der Waals surface area contributed by atoms with Crippen LogP contribution in [0.15, 0.2) is 18.2 Å². The normalized spacial score (nSPS) is 12.6. The van der Waals surface area contributed by atoms with Gasteiger partial charge >= 0.3 is 0 Å². The van der Waals surface area contributed by atoms with E-state index in [1.165, 1.54) is 5.56 Å². The van der Waals surface area contributed by atoms with Gasteiger partial charge in [0.05, 0.1) is 6.10 Å². The van der Waals surface area contributed by atoms with E-state index in [0.29, 0.717) is 18.5 Å². The van der Waals surface area contributed by atoms with Gasteiger partial charge in [0.1, 0.15) is 5.75 Å². The minimum atomic E-state index is -0.570. The molecule has 1 atom stereocenters. The smallest absolute Gasteiger partial charge is 0.121 e. The number of unbranched alkanes of at least 4 members (excludes halogenated alkanes) is 2. The number of aryl methyl sites for hydroxylation is 1. The Kier molecular flexibility index (Phi) is 6.76. The van der Waals surface area contributed by atoms with E-state index < -0.39 is 6.10 Å². The van der Waals surface area contributed by atoms with Crippen molar-refractivity contribution in [2.75, 3.05) is 6.54 Å². The van der Waals surface area contributed by atoms with Crippen LogP contribution in [0.3, 0.4) is 0 Å². The molecule has 1 unspecified atom stereocenters. The van der Waals surface area contributed by atoms with E-state index in [1.54, 1.807) is 6.07 Å². The molecule has 4 N–H and O–H groups in total. The monoisotopic (exact) mass is 251 g/mol. The second kappa shape index (κ2) is 8.11. The van der Waals surface area contributed by atoms with E-state index in [4.69, 9.17) is 5.73 Å². The number of aliphatic hydroxyl groups excluding tert-OH is 1. The summed E-state index contributed by atoms with van der Waals surface area (Å²) in [7, 11) is 0. The van der Waals surface area contributed by atoms with E-state index in [-0.39, 0.29) is 5.75 Å². The Balaban J connectivity index is 2.59. The van der Waals surface area contributed by atoms with E-state index in [9.17, 15) is 10.2 Å². The van der Waals surface area contributed by atoms with Crippen molar-refractivity contribution in [1.29, 1.82) is 0 Å². The SMILES string of the molecule is CCCc1ccc(O)c(C(O)CCCCCN)c1. The first-order valence-corrected chi connectivity index (χ1v) is 6.89. The Hall–Kier alpha value is -1.06. The second-order valence-corrected chi connectivity index (χ2v) is 4.80. The van der Waals surface area contributed by atoms with Crippen molar-refractivity contribution >= 4 is 0 Å². The number of aromatic hydroxyl groups is 1. The lowest BCUT2D eigenvalue weighted by atomic mass is 9.98. The third kappa shape index (κ3) is 4.67. The van der Waals surface area contributed by atoms with Crippen molar-refractivity contribution in [2.24, 2.45) is 5.73 Å². The fourth-order valence-corrected chi connectivity index (χ4v) is 2.13. The molecule has 102 valence electrons. The van der Waals surface area contributed by atoms with Gasteiger partial charge < -0.3 is 15.9 Å². The first-order chi connectivity index (χ1) is 8.69. The summed E-state index contributed by atoms with van der Waals surface area (Å²) in [5, 5.41) is 19.9. The molecule has 0 saturated carbocycles. The number of benzene rings is 1. The molecular weight excluding hydrogens is 226 g/mol. The van der Waals surface area contributed by atoms with Crippen LogP contribution < -0.4 is 5.73 Å². The number of phenolic OH excluding ortho intramolecular Hbond substituents is 1. The van der Waals surface area contributed by atoms with Crippen LogP contribution in [0, 0.1) is 0 Å². The van der Waals surface area contributed by atoms with Crippen molar-refractivity contribution < 1.29 is 10.2 Å². The van der Waals surface area contributed by atoms with Crippen LogP contribution in [0.25, 0.3) is 0 Å². The summed E-state index contributed by atoms with van der Waals surface area (Å²) in [5.41, 5.74) is 7.26. The maximum atomic E-state index is 10.1. The molecule has 3 heteroatoms. The molecule has 0 aliphatic carbocycles. The predicted molar refractivity (Wildman–Crippen MR) is 74.6 cm³/mol. The van der Waals surface area contributed by atoms with Gasteiger partial charge in [-0.05, 0) is 43.5 Å². The van der Waals surface area contributed by atoms with Crippen LogP contribution in [0.4, 0.5) is 0 Å². The maximum absolute atomic E-state index is 10.1. The summed E-state index contributed by atoms with van der Waals surface area (Å²) in [6.45, 7) is 2.82. The molecule has 1 aromatic carbocycles. The largest absolute Gasteiger partial charge is 0.508 e. The summed E-state index contributed by atoms with van der Waals surface area (Å²) < 4.78 is 0. The quantitative estimate of drug-likeness (QED) is 0.622. The van der Waals surface area contributed by atoms with E-state index >= 15 is 0 Å². The molecule has 0 aliphatic rings. The predicted octanol–water partition coefficient (Wildman–Crippen LogP) is 2.90. The Bertz CT molecular complexity index is 352. The number of hydrogen-bond acceptors (Lipinski definition) is 3. The molecule has 0 aliphatic heterocycles. The van der Waals surface area contributed by atoms with E-state index in [1.807, 2.05) is 12.1 Å². The number of aliphatic hydroxyl groups is 1. The average Bonchev–Trinajstić information content (AvgIpc) is 2.37. The average molecular weight is 251 g/mol. The lowest BCUT2D eigenvalue weighted by Crippen LogP contribution is -2.01. The van der Waals surface area contributed by atoms with Crippen LogP contribution in [-0.4, -0.2) is 16.8 Å². The first kappa shape index (κ1) is 15.0. The number of phenols is 1. The fraction of sp³-hybridized carbons (Fsp3) is 0.600. The molecule has 0 fully saturated rings. The second-order valence-electron chi connectivity index (χ2n) is 4.80. The molecule has 3 nitrogen and oxygen atoms in total. The van der Waals surface area contributed by atoms with Gasteiger partial charge in [0.2, 0.25) is 0 Å². The van der Waals surface area contributed by atoms with Gasteiger partial charge in [0.25, 0.3) is 0 Å². The number of nitrogens with two attached hydrogens (primary N) is 1. The zero-order valence-electron chi connectivity index (χ0n) is 11.2. The third-order valence-electron chi connectivity index (χ3n) is 3.17. The van der Waals surface area contributed by atoms with Crippen LogP contribution in [0.5, 0.6) is 5.75 Å². The fourth-order valence-electron chi connectivity index (χ4n) is 2.13. The Labute approximate surface area is 110 Å². The molecule has 1 rings (SSSR count). The summed E-state index contributed by atoms with van der Waals surface area (Å²) in [5.74, 6) is 0.196. The highest BCUT2D eigenvalue weighted by Gasteiger charge is 2.12. The summed E-state index contributed by atoms with van der Waals surface area (Å²) in [6, 6.07) is 5.53. The molecule has 0 saturated heterocycles. The summed E-state index contributed by atoms with van der Waals surface area (Å²) in [4.78, 5) is 0. The highest BCUT2D eigenvalue weighted by molar-refractivity contribution is 5.37. The van der Waals surface area contributed by atoms with E-state index in [2.05, 4.69) is 6.92 Å². The standard InChI is InChI=1S/C15H25NO2/c1-2-6-12-8-9-15(18)13(11-12)14(17)7-4-3-5-10-16/h8-9,11,14,17-18H,2-7,10,16H2,1H3. The van der Waals surface area contributed by atoms with Gasteiger partial charge in [0.15, 0.2) is 0 Å². The van der Waals surface area contributed by atoms with E-state index in [0.717, 1.165) is 32.1 Å². The molecule has 18 heavy (non-hydrogen) atoms. The Morgan fingerprint density at radius 1 is 1.22 bits per heavy atom. The zero-order valence-corrected chi connectivity index (χ0v) is 11.2. The highest BCUT2D eigenvalue weighted by Crippen LogP contribution is 2.29. The topological polar surface area (TPSA) is 66.5 Å². The van der Waals surface area contributed by atoms with Gasteiger partial charge in [-0.3, -0.25) is 0 Å². The van der Waals surface area contributed by atoms with Crippen molar-refractivity contribution in [2.45, 2.75) is 51.6 Å². The number of rotatable bonds is 8. The lowest BCUT2D eigenvalue weighted by molar-refractivity contribution is 0.160. The molecule has 0 heterocycles. The molecule has 0 bridgehead atoms. The number of hydrogen-bond donors (Lipinski definition) is 3. The van der Waals surface area contributed by atoms with Crippen molar-refractivity contribution in [1.82, 2.24) is 0 Å². The Morgan fingerprint density at radius 2 is 2.00 bits per heavy atom. The highest BCUT2D eigenvalue weighted by atomic mass is 16.3. The Morgan fingerprint density at radius 3 is 2.67 bits per heavy atom. The van der Waals surface area contributed by atoms with Crippen molar-refractivity contribution in [3.63, 3.8) is 0 Å². The maximum Gasteiger partial charge on any atom is 0.121 e.